The monoisotopic (exact) mass is 341 g/mol. The maximum atomic E-state index is 13.0. The first-order valence-corrected chi connectivity index (χ1v) is 8.35. The highest BCUT2D eigenvalue weighted by Gasteiger charge is 2.15. The molecule has 0 radical (unpaired) electrons. The number of nitrogens with zero attached hydrogens (tertiary/aromatic N) is 2. The maximum Gasteiger partial charge on any atom is 0.123 e. The zero-order valence-corrected chi connectivity index (χ0v) is 14.6. The van der Waals surface area contributed by atoms with Gasteiger partial charge in [0.25, 0.3) is 0 Å². The molecule has 5 heteroatoms. The molecule has 0 bridgehead atoms. The van der Waals surface area contributed by atoms with Crippen molar-refractivity contribution in [3.63, 3.8) is 0 Å². The largest absolute Gasteiger partial charge is 0.387 e. The minimum Gasteiger partial charge on any atom is -0.387 e. The Morgan fingerprint density at radius 1 is 1.16 bits per heavy atom. The van der Waals surface area contributed by atoms with E-state index in [9.17, 15) is 9.50 Å². The highest BCUT2D eigenvalue weighted by atomic mass is 19.1. The summed E-state index contributed by atoms with van der Waals surface area (Å²) in [6.45, 7) is 3.23. The predicted molar refractivity (Wildman–Crippen MR) is 97.6 cm³/mol. The Kier molecular flexibility index (Phi) is 6.93. The zero-order chi connectivity index (χ0) is 18.2. The number of rotatable bonds is 8. The van der Waals surface area contributed by atoms with Gasteiger partial charge in [0.15, 0.2) is 0 Å². The lowest BCUT2D eigenvalue weighted by molar-refractivity contribution is 0.135. The Bertz CT molecular complexity index is 694. The molecule has 0 heterocycles. The molecule has 0 amide bonds. The fourth-order valence-electron chi connectivity index (χ4n) is 2.55. The topological polar surface area (TPSA) is 59.3 Å². The van der Waals surface area contributed by atoms with Gasteiger partial charge in [-0.15, -0.1) is 0 Å². The van der Waals surface area contributed by atoms with Crippen molar-refractivity contribution in [2.75, 3.05) is 18.5 Å². The van der Waals surface area contributed by atoms with E-state index in [1.807, 2.05) is 43.1 Å². The molecule has 4 nitrogen and oxygen atoms in total. The van der Waals surface area contributed by atoms with Crippen LogP contribution in [0.25, 0.3) is 0 Å². The van der Waals surface area contributed by atoms with Gasteiger partial charge in [0.1, 0.15) is 5.82 Å². The van der Waals surface area contributed by atoms with E-state index in [4.69, 9.17) is 5.26 Å². The molecule has 0 saturated heterocycles. The molecule has 132 valence electrons. The van der Waals surface area contributed by atoms with Crippen molar-refractivity contribution < 1.29 is 9.50 Å². The summed E-state index contributed by atoms with van der Waals surface area (Å²) in [5.41, 5.74) is 2.87. The smallest absolute Gasteiger partial charge is 0.123 e. The van der Waals surface area contributed by atoms with Gasteiger partial charge >= 0.3 is 0 Å². The molecular weight excluding hydrogens is 317 g/mol. The van der Waals surface area contributed by atoms with Gasteiger partial charge in [-0.2, -0.15) is 5.26 Å². The lowest BCUT2D eigenvalue weighted by atomic mass is 10.0. The number of halogens is 1. The first-order valence-electron chi connectivity index (χ1n) is 8.35. The summed E-state index contributed by atoms with van der Waals surface area (Å²) in [7, 11) is 1.96. The number of nitriles is 1. The van der Waals surface area contributed by atoms with Crippen LogP contribution in [-0.2, 0) is 6.54 Å². The van der Waals surface area contributed by atoms with E-state index in [-0.39, 0.29) is 11.9 Å². The third-order valence-electron chi connectivity index (χ3n) is 4.25. The number of nitrogens with one attached hydrogen (secondary N) is 1. The van der Waals surface area contributed by atoms with Crippen LogP contribution in [0.1, 0.15) is 30.6 Å². The average molecular weight is 341 g/mol. The van der Waals surface area contributed by atoms with Crippen LogP contribution in [-0.4, -0.2) is 24.7 Å². The molecule has 2 unspecified atom stereocenters. The van der Waals surface area contributed by atoms with Crippen molar-refractivity contribution in [1.29, 1.82) is 5.26 Å². The van der Waals surface area contributed by atoms with Crippen molar-refractivity contribution >= 4 is 5.69 Å². The fourth-order valence-corrected chi connectivity index (χ4v) is 2.55. The zero-order valence-electron chi connectivity index (χ0n) is 14.6. The summed E-state index contributed by atoms with van der Waals surface area (Å²) in [6.07, 6.45) is -0.199. The summed E-state index contributed by atoms with van der Waals surface area (Å²) in [5, 5.41) is 22.3. The van der Waals surface area contributed by atoms with Gasteiger partial charge in [0.2, 0.25) is 0 Å². The van der Waals surface area contributed by atoms with Crippen LogP contribution in [0.2, 0.25) is 0 Å². The van der Waals surface area contributed by atoms with Crippen molar-refractivity contribution in [1.82, 2.24) is 5.32 Å². The first kappa shape index (κ1) is 18.9. The average Bonchev–Trinajstić information content (AvgIpc) is 2.64. The van der Waals surface area contributed by atoms with Crippen LogP contribution >= 0.6 is 0 Å². The Morgan fingerprint density at radius 2 is 1.80 bits per heavy atom. The van der Waals surface area contributed by atoms with Crippen molar-refractivity contribution in [3.8, 4) is 6.07 Å². The second-order valence-corrected chi connectivity index (χ2v) is 6.16. The third kappa shape index (κ3) is 5.56. The van der Waals surface area contributed by atoms with Crippen LogP contribution < -0.4 is 10.2 Å². The maximum absolute atomic E-state index is 13.0. The van der Waals surface area contributed by atoms with Crippen LogP contribution in [0.5, 0.6) is 0 Å². The molecule has 0 spiro atoms. The lowest BCUT2D eigenvalue weighted by Gasteiger charge is -2.21. The Morgan fingerprint density at radius 3 is 2.40 bits per heavy atom. The molecule has 0 fully saturated rings. The van der Waals surface area contributed by atoms with Crippen LogP contribution in [0.4, 0.5) is 10.1 Å². The molecule has 2 aromatic carbocycles. The van der Waals surface area contributed by atoms with E-state index < -0.39 is 6.10 Å². The lowest BCUT2D eigenvalue weighted by Crippen LogP contribution is -2.31. The van der Waals surface area contributed by atoms with Gasteiger partial charge in [-0.3, -0.25) is 0 Å². The molecule has 2 rings (SSSR count). The van der Waals surface area contributed by atoms with Gasteiger partial charge in [-0.05, 0) is 42.3 Å². The molecule has 0 saturated carbocycles. The van der Waals surface area contributed by atoms with E-state index in [2.05, 4.69) is 11.4 Å². The summed E-state index contributed by atoms with van der Waals surface area (Å²) in [4.78, 5) is 2.04. The number of benzene rings is 2. The summed E-state index contributed by atoms with van der Waals surface area (Å²) in [6, 6.07) is 16.0. The molecule has 0 aromatic heterocycles. The second kappa shape index (κ2) is 9.16. The second-order valence-electron chi connectivity index (χ2n) is 6.16. The van der Waals surface area contributed by atoms with Crippen molar-refractivity contribution in [3.05, 3.63) is 65.5 Å². The van der Waals surface area contributed by atoms with E-state index in [0.29, 0.717) is 25.1 Å². The van der Waals surface area contributed by atoms with Gasteiger partial charge in [0, 0.05) is 31.9 Å². The number of anilines is 1. The van der Waals surface area contributed by atoms with Crippen LogP contribution in [0.15, 0.2) is 48.5 Å². The van der Waals surface area contributed by atoms with E-state index in [1.54, 1.807) is 12.1 Å². The van der Waals surface area contributed by atoms with E-state index >= 15 is 0 Å². The number of hydrogen-bond donors (Lipinski definition) is 2. The predicted octanol–water partition coefficient (Wildman–Crippen LogP) is 3.39. The molecule has 0 aliphatic carbocycles. The summed E-state index contributed by atoms with van der Waals surface area (Å²) < 4.78 is 13.0. The Hall–Kier alpha value is -2.42. The van der Waals surface area contributed by atoms with Crippen LogP contribution in [0, 0.1) is 17.1 Å². The normalized spacial score (nSPS) is 13.1. The van der Waals surface area contributed by atoms with E-state index in [1.165, 1.54) is 12.1 Å². The molecule has 2 atom stereocenters. The molecule has 25 heavy (non-hydrogen) atoms. The Labute approximate surface area is 148 Å². The molecule has 2 aromatic rings. The fraction of sp³-hybridized carbons (Fsp3) is 0.350. The van der Waals surface area contributed by atoms with Gasteiger partial charge in [0.05, 0.1) is 18.6 Å². The SMILES string of the molecule is CC(NCc1ccc(N(C)CCC#N)cc1)C(O)c1ccc(F)cc1. The molecule has 0 aliphatic heterocycles. The van der Waals surface area contributed by atoms with Gasteiger partial charge in [-0.25, -0.2) is 4.39 Å². The highest BCUT2D eigenvalue weighted by Crippen LogP contribution is 2.18. The summed E-state index contributed by atoms with van der Waals surface area (Å²) >= 11 is 0. The minimum atomic E-state index is -0.697. The van der Waals surface area contributed by atoms with Gasteiger partial charge < -0.3 is 15.3 Å². The third-order valence-corrected chi connectivity index (χ3v) is 4.25. The number of hydrogen-bond acceptors (Lipinski definition) is 4. The molecule has 2 N–H and O–H groups in total. The van der Waals surface area contributed by atoms with E-state index in [0.717, 1.165) is 11.3 Å². The standard InChI is InChI=1S/C20H24FN3O/c1-15(20(25)17-6-8-18(21)9-7-17)23-14-16-4-10-19(11-5-16)24(2)13-3-12-22/h4-11,15,20,23,25H,3,13-14H2,1-2H3. The highest BCUT2D eigenvalue weighted by molar-refractivity contribution is 5.46. The van der Waals surface area contributed by atoms with Crippen LogP contribution in [0.3, 0.4) is 0 Å². The first-order chi connectivity index (χ1) is 12.0. The summed E-state index contributed by atoms with van der Waals surface area (Å²) in [5.74, 6) is -0.309. The minimum absolute atomic E-state index is 0.163. The quantitative estimate of drug-likeness (QED) is 0.773. The van der Waals surface area contributed by atoms with Crippen molar-refractivity contribution in [2.24, 2.45) is 0 Å². The molecular formula is C20H24FN3O. The Balaban J connectivity index is 1.88. The number of aliphatic hydroxyl groups excluding tert-OH is 1. The van der Waals surface area contributed by atoms with Crippen molar-refractivity contribution in [2.45, 2.75) is 32.0 Å². The number of aliphatic hydroxyl groups is 1. The van der Waals surface area contributed by atoms with Gasteiger partial charge in [-0.1, -0.05) is 24.3 Å². The molecule has 0 aliphatic rings.